The lowest BCUT2D eigenvalue weighted by atomic mass is 9.98. The summed E-state index contributed by atoms with van der Waals surface area (Å²) in [5.74, 6) is 2.40. The van der Waals surface area contributed by atoms with Crippen molar-refractivity contribution < 1.29 is 9.53 Å². The first-order chi connectivity index (χ1) is 10.8. The summed E-state index contributed by atoms with van der Waals surface area (Å²) in [6.45, 7) is 3.97. The molecule has 0 aromatic heterocycles. The Morgan fingerprint density at radius 1 is 1.32 bits per heavy atom. The van der Waals surface area contributed by atoms with Gasteiger partial charge in [-0.05, 0) is 56.0 Å². The minimum absolute atomic E-state index is 0.336. The van der Waals surface area contributed by atoms with Crippen LogP contribution in [0, 0.1) is 5.92 Å². The van der Waals surface area contributed by atoms with E-state index in [2.05, 4.69) is 22.3 Å². The van der Waals surface area contributed by atoms with Gasteiger partial charge in [-0.2, -0.15) is 0 Å². The molecule has 0 bridgehead atoms. The number of carbonyl (C=O) groups excluding carboxylic acids is 1. The molecule has 4 heteroatoms. The highest BCUT2D eigenvalue weighted by Crippen LogP contribution is 2.29. The molecular formula is C18H26N2O2. The highest BCUT2D eigenvalue weighted by Gasteiger charge is 2.27. The maximum absolute atomic E-state index is 12.4. The van der Waals surface area contributed by atoms with Crippen LogP contribution in [0.1, 0.15) is 37.2 Å². The number of rotatable bonds is 5. The number of benzene rings is 1. The number of nitrogens with one attached hydrogen (secondary N) is 1. The first-order valence-electron chi connectivity index (χ1n) is 8.38. The molecule has 2 saturated heterocycles. The van der Waals surface area contributed by atoms with Gasteiger partial charge in [0.05, 0.1) is 7.11 Å². The smallest absolute Gasteiger partial charge is 0.222 e. The normalized spacial score (nSPS) is 24.7. The minimum atomic E-state index is 0.336. The highest BCUT2D eigenvalue weighted by atomic mass is 16.5. The van der Waals surface area contributed by atoms with Crippen molar-refractivity contribution in [3.8, 4) is 5.75 Å². The highest BCUT2D eigenvalue weighted by molar-refractivity contribution is 5.76. The predicted octanol–water partition coefficient (Wildman–Crippen LogP) is 2.40. The molecule has 1 N–H and O–H groups in total. The molecule has 1 aromatic carbocycles. The Labute approximate surface area is 132 Å². The van der Waals surface area contributed by atoms with Crippen molar-refractivity contribution in [1.82, 2.24) is 10.2 Å². The Hall–Kier alpha value is -1.55. The zero-order chi connectivity index (χ0) is 15.4. The summed E-state index contributed by atoms with van der Waals surface area (Å²) in [6.07, 6.45) is 4.04. The summed E-state index contributed by atoms with van der Waals surface area (Å²) in [6, 6.07) is 8.27. The van der Waals surface area contributed by atoms with E-state index in [1.807, 2.05) is 12.1 Å². The van der Waals surface area contributed by atoms with Gasteiger partial charge in [-0.15, -0.1) is 0 Å². The van der Waals surface area contributed by atoms with Crippen molar-refractivity contribution in [3.05, 3.63) is 29.8 Å². The van der Waals surface area contributed by atoms with Gasteiger partial charge in [0.1, 0.15) is 5.75 Å². The van der Waals surface area contributed by atoms with Gasteiger partial charge in [-0.25, -0.2) is 0 Å². The number of ether oxygens (including phenoxy) is 1. The van der Waals surface area contributed by atoms with Gasteiger partial charge >= 0.3 is 0 Å². The van der Waals surface area contributed by atoms with E-state index in [0.717, 1.165) is 44.8 Å². The number of carbonyl (C=O) groups is 1. The molecule has 1 aromatic rings. The second-order valence-electron chi connectivity index (χ2n) is 6.50. The summed E-state index contributed by atoms with van der Waals surface area (Å²) in [7, 11) is 1.69. The molecule has 2 unspecified atom stereocenters. The van der Waals surface area contributed by atoms with Crippen molar-refractivity contribution in [2.24, 2.45) is 5.92 Å². The van der Waals surface area contributed by atoms with Crippen molar-refractivity contribution in [1.29, 1.82) is 0 Å². The topological polar surface area (TPSA) is 41.6 Å². The van der Waals surface area contributed by atoms with Gasteiger partial charge < -0.3 is 15.0 Å². The maximum atomic E-state index is 12.4. The third-order valence-electron chi connectivity index (χ3n) is 5.06. The minimum Gasteiger partial charge on any atom is -0.497 e. The van der Waals surface area contributed by atoms with Gasteiger partial charge in [0.25, 0.3) is 0 Å². The van der Waals surface area contributed by atoms with Crippen LogP contribution >= 0.6 is 0 Å². The maximum Gasteiger partial charge on any atom is 0.222 e. The molecule has 4 nitrogen and oxygen atoms in total. The van der Waals surface area contributed by atoms with Crippen LogP contribution in [-0.2, 0) is 4.79 Å². The fourth-order valence-electron chi connectivity index (χ4n) is 3.58. The molecule has 2 atom stereocenters. The first-order valence-corrected chi connectivity index (χ1v) is 8.38. The van der Waals surface area contributed by atoms with Crippen molar-refractivity contribution >= 4 is 5.91 Å². The number of nitrogens with zero attached hydrogens (tertiary/aromatic N) is 1. The Kier molecular flexibility index (Phi) is 4.98. The molecule has 2 aliphatic rings. The average Bonchev–Trinajstić information content (AvgIpc) is 3.24. The summed E-state index contributed by atoms with van der Waals surface area (Å²) in [4.78, 5) is 14.4. The fourth-order valence-corrected chi connectivity index (χ4v) is 3.58. The Morgan fingerprint density at radius 2 is 2.14 bits per heavy atom. The van der Waals surface area contributed by atoms with Crippen LogP contribution in [0.25, 0.3) is 0 Å². The quantitative estimate of drug-likeness (QED) is 0.908. The number of hydrogen-bond donors (Lipinski definition) is 1. The predicted molar refractivity (Wildman–Crippen MR) is 87.1 cm³/mol. The monoisotopic (exact) mass is 302 g/mol. The van der Waals surface area contributed by atoms with Crippen molar-refractivity contribution in [2.75, 3.05) is 33.3 Å². The van der Waals surface area contributed by atoms with Crippen molar-refractivity contribution in [2.45, 2.75) is 31.6 Å². The van der Waals surface area contributed by atoms with E-state index >= 15 is 0 Å². The second-order valence-corrected chi connectivity index (χ2v) is 6.50. The largest absolute Gasteiger partial charge is 0.497 e. The molecule has 1 amide bonds. The van der Waals surface area contributed by atoms with E-state index in [1.165, 1.54) is 12.0 Å². The van der Waals surface area contributed by atoms with Gasteiger partial charge in [-0.1, -0.05) is 12.1 Å². The molecular weight excluding hydrogens is 276 g/mol. The third kappa shape index (κ3) is 3.61. The zero-order valence-corrected chi connectivity index (χ0v) is 13.4. The lowest BCUT2D eigenvalue weighted by Crippen LogP contribution is -2.28. The van der Waals surface area contributed by atoms with E-state index in [1.54, 1.807) is 7.11 Å². The van der Waals surface area contributed by atoms with E-state index in [0.29, 0.717) is 24.2 Å². The summed E-state index contributed by atoms with van der Waals surface area (Å²) >= 11 is 0. The van der Waals surface area contributed by atoms with E-state index in [-0.39, 0.29) is 0 Å². The molecule has 22 heavy (non-hydrogen) atoms. The van der Waals surface area contributed by atoms with Gasteiger partial charge in [-0.3, -0.25) is 4.79 Å². The lowest BCUT2D eigenvalue weighted by molar-refractivity contribution is -0.130. The third-order valence-corrected chi connectivity index (χ3v) is 5.06. The summed E-state index contributed by atoms with van der Waals surface area (Å²) in [5, 5.41) is 3.37. The average molecular weight is 302 g/mol. The molecule has 2 heterocycles. The molecule has 0 aliphatic carbocycles. The fraction of sp³-hybridized carbons (Fsp3) is 0.611. The van der Waals surface area contributed by atoms with Gasteiger partial charge in [0.15, 0.2) is 0 Å². The summed E-state index contributed by atoms with van der Waals surface area (Å²) in [5.41, 5.74) is 1.32. The molecule has 0 saturated carbocycles. The standard InChI is InChI=1S/C18H26N2O2/c1-22-17-5-3-15(4-6-17)16-9-11-20(13-16)18(21)7-2-14-8-10-19-12-14/h3-6,14,16,19H,2,7-13H2,1H3. The van der Waals surface area contributed by atoms with Crippen LogP contribution in [0.5, 0.6) is 5.75 Å². The number of methoxy groups -OCH3 is 1. The SMILES string of the molecule is COc1ccc(C2CCN(C(=O)CCC3CCNC3)C2)cc1. The molecule has 2 aliphatic heterocycles. The van der Waals surface area contributed by atoms with Gasteiger partial charge in [0.2, 0.25) is 5.91 Å². The summed E-state index contributed by atoms with van der Waals surface area (Å²) < 4.78 is 5.20. The van der Waals surface area contributed by atoms with Crippen LogP contribution in [-0.4, -0.2) is 44.1 Å². The van der Waals surface area contributed by atoms with Crippen LogP contribution in [0.3, 0.4) is 0 Å². The van der Waals surface area contributed by atoms with E-state index in [4.69, 9.17) is 4.74 Å². The van der Waals surface area contributed by atoms with Crippen LogP contribution in [0.4, 0.5) is 0 Å². The number of likely N-dealkylation sites (tertiary alicyclic amines) is 1. The van der Waals surface area contributed by atoms with Crippen LogP contribution in [0.15, 0.2) is 24.3 Å². The van der Waals surface area contributed by atoms with Crippen LogP contribution in [0.2, 0.25) is 0 Å². The molecule has 2 fully saturated rings. The molecule has 0 spiro atoms. The van der Waals surface area contributed by atoms with Crippen LogP contribution < -0.4 is 10.1 Å². The van der Waals surface area contributed by atoms with Gasteiger partial charge in [0, 0.05) is 25.4 Å². The molecule has 0 radical (unpaired) electrons. The van der Waals surface area contributed by atoms with E-state index < -0.39 is 0 Å². The number of amides is 1. The number of hydrogen-bond acceptors (Lipinski definition) is 3. The molecule has 120 valence electrons. The Balaban J connectivity index is 1.49. The first kappa shape index (κ1) is 15.3. The second kappa shape index (κ2) is 7.14. The van der Waals surface area contributed by atoms with E-state index in [9.17, 15) is 4.79 Å². The zero-order valence-electron chi connectivity index (χ0n) is 13.4. The van der Waals surface area contributed by atoms with Crippen molar-refractivity contribution in [3.63, 3.8) is 0 Å². The Morgan fingerprint density at radius 3 is 2.82 bits per heavy atom. The molecule has 3 rings (SSSR count). The lowest BCUT2D eigenvalue weighted by Gasteiger charge is -2.18. The Bertz CT molecular complexity index is 494.